The molecule has 1 aromatic rings. The number of aryl methyl sites for hydroxylation is 3. The Bertz CT molecular complexity index is 942. The fourth-order valence-corrected chi connectivity index (χ4v) is 6.41. The highest BCUT2D eigenvalue weighted by Crippen LogP contribution is 2.28. The number of nitrogens with zero attached hydrogens (tertiary/aromatic N) is 2. The number of piperidine rings is 1. The van der Waals surface area contributed by atoms with Crippen molar-refractivity contribution in [1.82, 2.24) is 14.5 Å². The third kappa shape index (κ3) is 5.15. The van der Waals surface area contributed by atoms with Crippen molar-refractivity contribution in [3.63, 3.8) is 0 Å². The van der Waals surface area contributed by atoms with Crippen LogP contribution in [0.25, 0.3) is 0 Å². The average Bonchev–Trinajstić information content (AvgIpc) is 3.02. The van der Waals surface area contributed by atoms with Crippen molar-refractivity contribution >= 4 is 27.7 Å². The van der Waals surface area contributed by atoms with E-state index < -0.39 is 10.0 Å². The molecule has 31 heavy (non-hydrogen) atoms. The van der Waals surface area contributed by atoms with Crippen LogP contribution in [0.15, 0.2) is 17.0 Å². The van der Waals surface area contributed by atoms with Crippen molar-refractivity contribution < 1.29 is 22.8 Å². The number of imide groups is 1. The highest BCUT2D eigenvalue weighted by atomic mass is 32.2. The summed E-state index contributed by atoms with van der Waals surface area (Å²) in [6, 6.07) is 3.76. The number of carbonyl (C=O) groups excluding carboxylic acids is 3. The van der Waals surface area contributed by atoms with Crippen LogP contribution in [0.3, 0.4) is 0 Å². The molecule has 0 saturated carbocycles. The van der Waals surface area contributed by atoms with E-state index >= 15 is 0 Å². The maximum absolute atomic E-state index is 13.2. The van der Waals surface area contributed by atoms with Gasteiger partial charge in [-0.15, -0.1) is 0 Å². The van der Waals surface area contributed by atoms with E-state index in [1.807, 2.05) is 32.9 Å². The summed E-state index contributed by atoms with van der Waals surface area (Å²) >= 11 is 0. The van der Waals surface area contributed by atoms with E-state index in [1.54, 1.807) is 0 Å². The summed E-state index contributed by atoms with van der Waals surface area (Å²) < 4.78 is 27.8. The van der Waals surface area contributed by atoms with E-state index in [0.717, 1.165) is 16.7 Å². The lowest BCUT2D eigenvalue weighted by atomic mass is 9.97. The minimum atomic E-state index is -3.60. The Balaban J connectivity index is 1.49. The minimum Gasteiger partial charge on any atom is -0.356 e. The van der Waals surface area contributed by atoms with Crippen LogP contribution in [0.1, 0.15) is 48.8 Å². The fourth-order valence-electron chi connectivity index (χ4n) is 4.53. The topological polar surface area (TPSA) is 104 Å². The monoisotopic (exact) mass is 449 g/mol. The molecule has 0 unspecified atom stereocenters. The molecule has 0 aliphatic carbocycles. The molecule has 3 rings (SSSR count). The molecule has 2 aliphatic heterocycles. The minimum absolute atomic E-state index is 0.0983. The molecule has 2 heterocycles. The lowest BCUT2D eigenvalue weighted by molar-refractivity contribution is -0.138. The van der Waals surface area contributed by atoms with Gasteiger partial charge in [-0.3, -0.25) is 19.3 Å². The van der Waals surface area contributed by atoms with Crippen molar-refractivity contribution in [3.05, 3.63) is 28.8 Å². The Kier molecular flexibility index (Phi) is 7.16. The van der Waals surface area contributed by atoms with Crippen LogP contribution in [0, 0.1) is 26.7 Å². The molecule has 170 valence electrons. The molecule has 1 N–H and O–H groups in total. The van der Waals surface area contributed by atoms with E-state index in [0.29, 0.717) is 50.3 Å². The number of nitrogens with one attached hydrogen (secondary N) is 1. The zero-order valence-electron chi connectivity index (χ0n) is 18.4. The molecule has 0 atom stereocenters. The van der Waals surface area contributed by atoms with Gasteiger partial charge in [-0.2, -0.15) is 4.31 Å². The van der Waals surface area contributed by atoms with E-state index in [1.165, 1.54) is 9.21 Å². The maximum Gasteiger partial charge on any atom is 0.243 e. The number of benzene rings is 1. The number of hydrogen-bond acceptors (Lipinski definition) is 5. The Hall–Kier alpha value is -2.26. The first-order valence-electron chi connectivity index (χ1n) is 10.8. The van der Waals surface area contributed by atoms with Crippen molar-refractivity contribution in [1.29, 1.82) is 0 Å². The predicted octanol–water partition coefficient (Wildman–Crippen LogP) is 1.67. The fraction of sp³-hybridized carbons (Fsp3) is 0.591. The quantitative estimate of drug-likeness (QED) is 0.504. The van der Waals surface area contributed by atoms with Crippen molar-refractivity contribution in [3.8, 4) is 0 Å². The summed E-state index contributed by atoms with van der Waals surface area (Å²) in [5, 5.41) is 2.86. The van der Waals surface area contributed by atoms with Gasteiger partial charge in [0.1, 0.15) is 0 Å². The van der Waals surface area contributed by atoms with Crippen LogP contribution in [0.4, 0.5) is 0 Å². The number of carbonyl (C=O) groups is 3. The summed E-state index contributed by atoms with van der Waals surface area (Å²) in [6.45, 7) is 6.90. The van der Waals surface area contributed by atoms with Gasteiger partial charge in [0.15, 0.2) is 0 Å². The Morgan fingerprint density at radius 3 is 2.13 bits per heavy atom. The number of sulfonamides is 1. The van der Waals surface area contributed by atoms with Gasteiger partial charge in [-0.1, -0.05) is 17.7 Å². The second-order valence-electron chi connectivity index (χ2n) is 8.49. The molecule has 0 spiro atoms. The molecule has 2 fully saturated rings. The second kappa shape index (κ2) is 9.48. The van der Waals surface area contributed by atoms with Crippen LogP contribution in [-0.4, -0.2) is 61.5 Å². The van der Waals surface area contributed by atoms with Gasteiger partial charge in [0.25, 0.3) is 0 Å². The molecule has 2 aliphatic rings. The van der Waals surface area contributed by atoms with Gasteiger partial charge in [0.05, 0.1) is 4.90 Å². The second-order valence-corrected chi connectivity index (χ2v) is 10.4. The third-order valence-electron chi connectivity index (χ3n) is 6.04. The Labute approximate surface area is 184 Å². The zero-order valence-corrected chi connectivity index (χ0v) is 19.3. The first-order chi connectivity index (χ1) is 14.6. The molecule has 0 radical (unpaired) electrons. The van der Waals surface area contributed by atoms with Gasteiger partial charge in [0, 0.05) is 44.9 Å². The zero-order chi connectivity index (χ0) is 22.8. The van der Waals surface area contributed by atoms with Crippen molar-refractivity contribution in [2.75, 3.05) is 26.2 Å². The number of likely N-dealkylation sites (tertiary alicyclic amines) is 1. The van der Waals surface area contributed by atoms with Gasteiger partial charge in [-0.25, -0.2) is 8.42 Å². The lowest BCUT2D eigenvalue weighted by Gasteiger charge is -2.31. The maximum atomic E-state index is 13.2. The van der Waals surface area contributed by atoms with E-state index in [9.17, 15) is 22.8 Å². The number of amides is 3. The molecule has 2 saturated heterocycles. The SMILES string of the molecule is Cc1cc(C)c(S(=O)(=O)N2CCC(C(=O)NCCCN3C(=O)CCC3=O)CC2)c(C)c1. The van der Waals surface area contributed by atoms with E-state index in [2.05, 4.69) is 5.32 Å². The lowest BCUT2D eigenvalue weighted by Crippen LogP contribution is -2.43. The van der Waals surface area contributed by atoms with Gasteiger partial charge in [0.2, 0.25) is 27.7 Å². The summed E-state index contributed by atoms with van der Waals surface area (Å²) in [4.78, 5) is 37.3. The Morgan fingerprint density at radius 1 is 1.03 bits per heavy atom. The van der Waals surface area contributed by atoms with Crippen molar-refractivity contribution in [2.24, 2.45) is 5.92 Å². The van der Waals surface area contributed by atoms with Crippen LogP contribution >= 0.6 is 0 Å². The Morgan fingerprint density at radius 2 is 1.58 bits per heavy atom. The largest absolute Gasteiger partial charge is 0.356 e. The molecular weight excluding hydrogens is 418 g/mol. The third-order valence-corrected chi connectivity index (χ3v) is 8.24. The van der Waals surface area contributed by atoms with Crippen molar-refractivity contribution in [2.45, 2.75) is 57.8 Å². The first-order valence-corrected chi connectivity index (χ1v) is 12.2. The van der Waals surface area contributed by atoms with Crippen LogP contribution in [-0.2, 0) is 24.4 Å². The van der Waals surface area contributed by atoms with Crippen LogP contribution < -0.4 is 5.32 Å². The standard InChI is InChI=1S/C22H31N3O5S/c1-15-13-16(2)21(17(3)14-15)31(29,30)24-11-7-18(8-12-24)22(28)23-9-4-10-25-19(26)5-6-20(25)27/h13-14,18H,4-12H2,1-3H3,(H,23,28). The average molecular weight is 450 g/mol. The summed E-state index contributed by atoms with van der Waals surface area (Å²) in [5.41, 5.74) is 2.52. The molecule has 8 nitrogen and oxygen atoms in total. The van der Waals surface area contributed by atoms with E-state index in [-0.39, 0.29) is 36.5 Å². The molecule has 9 heteroatoms. The summed E-state index contributed by atoms with van der Waals surface area (Å²) in [7, 11) is -3.60. The van der Waals surface area contributed by atoms with Crippen LogP contribution in [0.2, 0.25) is 0 Å². The molecule has 1 aromatic carbocycles. The number of rotatable bonds is 7. The predicted molar refractivity (Wildman–Crippen MR) is 116 cm³/mol. The first kappa shape index (κ1) is 23.4. The normalized spacial score (nSPS) is 18.6. The molecular formula is C22H31N3O5S. The highest BCUT2D eigenvalue weighted by molar-refractivity contribution is 7.89. The molecule has 0 aromatic heterocycles. The smallest absolute Gasteiger partial charge is 0.243 e. The summed E-state index contributed by atoms with van der Waals surface area (Å²) in [5.74, 6) is -0.631. The number of hydrogen-bond donors (Lipinski definition) is 1. The molecule has 0 bridgehead atoms. The molecule has 3 amide bonds. The highest BCUT2D eigenvalue weighted by Gasteiger charge is 2.34. The van der Waals surface area contributed by atoms with Gasteiger partial charge < -0.3 is 5.32 Å². The van der Waals surface area contributed by atoms with Crippen LogP contribution in [0.5, 0.6) is 0 Å². The van der Waals surface area contributed by atoms with E-state index in [4.69, 9.17) is 0 Å². The summed E-state index contributed by atoms with van der Waals surface area (Å²) in [6.07, 6.45) is 2.00. The van der Waals surface area contributed by atoms with Gasteiger partial charge >= 0.3 is 0 Å². The van der Waals surface area contributed by atoms with Gasteiger partial charge in [-0.05, 0) is 51.2 Å².